The molecule has 7 heteroatoms. The number of nitrogens with zero attached hydrogens (tertiary/aromatic N) is 3. The average Bonchev–Trinajstić information content (AvgIpc) is 3.31. The Morgan fingerprint density at radius 2 is 2.16 bits per heavy atom. The highest BCUT2D eigenvalue weighted by atomic mass is 16.5. The van der Waals surface area contributed by atoms with E-state index in [4.69, 9.17) is 4.74 Å². The van der Waals surface area contributed by atoms with Crippen molar-refractivity contribution in [1.82, 2.24) is 20.2 Å². The predicted octanol–water partition coefficient (Wildman–Crippen LogP) is 2.92. The molecule has 1 saturated heterocycles. The molecule has 1 aliphatic heterocycles. The summed E-state index contributed by atoms with van der Waals surface area (Å²) in [4.78, 5) is 20.9. The number of anilines is 1. The van der Waals surface area contributed by atoms with Crippen LogP contribution in [0.4, 0.5) is 5.95 Å². The van der Waals surface area contributed by atoms with Crippen molar-refractivity contribution in [2.24, 2.45) is 0 Å². The van der Waals surface area contributed by atoms with Gasteiger partial charge in [0, 0.05) is 18.4 Å². The van der Waals surface area contributed by atoms with Crippen molar-refractivity contribution in [2.75, 3.05) is 11.9 Å². The Labute approximate surface area is 144 Å². The highest BCUT2D eigenvalue weighted by Gasteiger charge is 2.17. The van der Waals surface area contributed by atoms with E-state index in [0.29, 0.717) is 17.9 Å². The molecule has 1 unspecified atom stereocenters. The van der Waals surface area contributed by atoms with Gasteiger partial charge < -0.3 is 4.74 Å². The summed E-state index contributed by atoms with van der Waals surface area (Å²) in [7, 11) is 0. The predicted molar refractivity (Wildman–Crippen MR) is 94.0 cm³/mol. The Balaban J connectivity index is 1.41. The van der Waals surface area contributed by atoms with Crippen molar-refractivity contribution >= 4 is 22.8 Å². The summed E-state index contributed by atoms with van der Waals surface area (Å²) in [5, 5.41) is 10.7. The Morgan fingerprint density at radius 1 is 1.24 bits per heavy atom. The van der Waals surface area contributed by atoms with Crippen LogP contribution in [0, 0.1) is 0 Å². The molecule has 2 N–H and O–H groups in total. The van der Waals surface area contributed by atoms with Gasteiger partial charge in [0.15, 0.2) is 5.82 Å². The highest BCUT2D eigenvalue weighted by Crippen LogP contribution is 2.19. The number of hydrogen-bond donors (Lipinski definition) is 2. The fourth-order valence-electron chi connectivity index (χ4n) is 2.98. The summed E-state index contributed by atoms with van der Waals surface area (Å²) in [6.45, 7) is 0.801. The number of ether oxygens (including phenoxy) is 1. The molecule has 3 heterocycles. The third kappa shape index (κ3) is 3.66. The van der Waals surface area contributed by atoms with Gasteiger partial charge in [0.1, 0.15) is 5.69 Å². The number of rotatable bonds is 5. The van der Waals surface area contributed by atoms with E-state index in [0.717, 1.165) is 36.8 Å². The molecule has 1 amide bonds. The summed E-state index contributed by atoms with van der Waals surface area (Å²) in [6, 6.07) is 11.7. The second-order valence-electron chi connectivity index (χ2n) is 6.12. The van der Waals surface area contributed by atoms with Gasteiger partial charge in [0.25, 0.3) is 0 Å². The van der Waals surface area contributed by atoms with Crippen molar-refractivity contribution in [1.29, 1.82) is 0 Å². The van der Waals surface area contributed by atoms with E-state index in [1.54, 1.807) is 0 Å². The van der Waals surface area contributed by atoms with E-state index in [1.807, 2.05) is 36.4 Å². The van der Waals surface area contributed by atoms with E-state index in [1.165, 1.54) is 0 Å². The van der Waals surface area contributed by atoms with E-state index in [9.17, 15) is 4.79 Å². The van der Waals surface area contributed by atoms with Gasteiger partial charge >= 0.3 is 0 Å². The van der Waals surface area contributed by atoms with Crippen LogP contribution in [0.5, 0.6) is 0 Å². The standard InChI is InChI=1S/C18H19N5O2/c24-16(10-8-13-5-3-11-25-13)20-18-21-17(22-23-18)15-9-7-12-4-1-2-6-14(12)19-15/h1-2,4,6-7,9,13H,3,5,8,10-11H2,(H2,20,21,22,23,24). The third-order valence-electron chi connectivity index (χ3n) is 4.30. The van der Waals surface area contributed by atoms with Gasteiger partial charge in [-0.2, -0.15) is 4.98 Å². The van der Waals surface area contributed by atoms with E-state index < -0.39 is 0 Å². The van der Waals surface area contributed by atoms with E-state index in [-0.39, 0.29) is 18.0 Å². The number of benzene rings is 1. The van der Waals surface area contributed by atoms with Gasteiger partial charge in [-0.05, 0) is 31.4 Å². The molecule has 0 radical (unpaired) electrons. The molecule has 2 aromatic heterocycles. The zero-order valence-corrected chi connectivity index (χ0v) is 13.7. The molecule has 25 heavy (non-hydrogen) atoms. The molecule has 0 bridgehead atoms. The number of amides is 1. The molecule has 1 aliphatic rings. The maximum atomic E-state index is 12.0. The van der Waals surface area contributed by atoms with E-state index >= 15 is 0 Å². The van der Waals surface area contributed by atoms with Crippen LogP contribution in [0.2, 0.25) is 0 Å². The number of aromatic amines is 1. The maximum absolute atomic E-state index is 12.0. The smallest absolute Gasteiger partial charge is 0.249 e. The first kappa shape index (κ1) is 15.7. The SMILES string of the molecule is O=C(CCC1CCCO1)Nc1n[nH]c(-c2ccc3ccccc3n2)n1. The van der Waals surface area contributed by atoms with Crippen LogP contribution < -0.4 is 5.32 Å². The summed E-state index contributed by atoms with van der Waals surface area (Å²) in [5.74, 6) is 0.690. The van der Waals surface area contributed by atoms with Crippen LogP contribution in [0.3, 0.4) is 0 Å². The molecule has 0 spiro atoms. The zero-order chi connectivity index (χ0) is 17.1. The minimum atomic E-state index is -0.104. The van der Waals surface area contributed by atoms with Crippen molar-refractivity contribution in [2.45, 2.75) is 31.8 Å². The van der Waals surface area contributed by atoms with Crippen LogP contribution in [0.25, 0.3) is 22.4 Å². The first-order valence-electron chi connectivity index (χ1n) is 8.48. The largest absolute Gasteiger partial charge is 0.378 e. The Hall–Kier alpha value is -2.80. The Bertz CT molecular complexity index is 886. The van der Waals surface area contributed by atoms with Gasteiger partial charge in [-0.25, -0.2) is 4.98 Å². The summed E-state index contributed by atoms with van der Waals surface area (Å²) in [5.41, 5.74) is 1.57. The lowest BCUT2D eigenvalue weighted by atomic mass is 10.1. The van der Waals surface area contributed by atoms with E-state index in [2.05, 4.69) is 25.5 Å². The van der Waals surface area contributed by atoms with Gasteiger partial charge in [-0.3, -0.25) is 15.2 Å². The number of pyridine rings is 1. The topological polar surface area (TPSA) is 92.8 Å². The fraction of sp³-hybridized carbons (Fsp3) is 0.333. The summed E-state index contributed by atoms with van der Waals surface area (Å²) in [6.07, 6.45) is 3.45. The molecule has 0 aliphatic carbocycles. The molecular formula is C18H19N5O2. The number of aromatic nitrogens is 4. The lowest BCUT2D eigenvalue weighted by Gasteiger charge is -2.07. The minimum Gasteiger partial charge on any atom is -0.378 e. The average molecular weight is 337 g/mol. The fourth-order valence-corrected chi connectivity index (χ4v) is 2.98. The van der Waals surface area contributed by atoms with Crippen molar-refractivity contribution in [3.05, 3.63) is 36.4 Å². The van der Waals surface area contributed by atoms with Crippen molar-refractivity contribution in [3.63, 3.8) is 0 Å². The Morgan fingerprint density at radius 3 is 3.04 bits per heavy atom. The summed E-state index contributed by atoms with van der Waals surface area (Å²) < 4.78 is 5.52. The van der Waals surface area contributed by atoms with Gasteiger partial charge in [0.2, 0.25) is 11.9 Å². The number of nitrogens with one attached hydrogen (secondary N) is 2. The number of carbonyl (C=O) groups is 1. The number of para-hydroxylation sites is 1. The minimum absolute atomic E-state index is 0.104. The highest BCUT2D eigenvalue weighted by molar-refractivity contribution is 5.89. The van der Waals surface area contributed by atoms with Crippen molar-refractivity contribution < 1.29 is 9.53 Å². The molecule has 1 aromatic carbocycles. The molecule has 3 aromatic rings. The lowest BCUT2D eigenvalue weighted by molar-refractivity contribution is -0.116. The van der Waals surface area contributed by atoms with Crippen LogP contribution in [0.15, 0.2) is 36.4 Å². The van der Waals surface area contributed by atoms with Gasteiger partial charge in [-0.15, -0.1) is 5.10 Å². The van der Waals surface area contributed by atoms with Gasteiger partial charge in [-0.1, -0.05) is 24.3 Å². The molecule has 4 rings (SSSR count). The summed E-state index contributed by atoms with van der Waals surface area (Å²) >= 11 is 0. The van der Waals surface area contributed by atoms with Crippen molar-refractivity contribution in [3.8, 4) is 11.5 Å². The number of carbonyl (C=O) groups excluding carboxylic acids is 1. The molecule has 1 fully saturated rings. The maximum Gasteiger partial charge on any atom is 0.249 e. The number of hydrogen-bond acceptors (Lipinski definition) is 5. The molecule has 128 valence electrons. The van der Waals surface area contributed by atoms with Crippen LogP contribution in [-0.2, 0) is 9.53 Å². The second-order valence-corrected chi connectivity index (χ2v) is 6.12. The molecule has 1 atom stereocenters. The second kappa shape index (κ2) is 6.98. The zero-order valence-electron chi connectivity index (χ0n) is 13.7. The first-order valence-corrected chi connectivity index (χ1v) is 8.48. The molecule has 0 saturated carbocycles. The van der Waals surface area contributed by atoms with Gasteiger partial charge in [0.05, 0.1) is 11.6 Å². The number of H-pyrrole nitrogens is 1. The third-order valence-corrected chi connectivity index (χ3v) is 4.30. The van der Waals surface area contributed by atoms with Crippen LogP contribution >= 0.6 is 0 Å². The normalized spacial score (nSPS) is 17.0. The molecular weight excluding hydrogens is 318 g/mol. The first-order chi connectivity index (χ1) is 12.3. The molecule has 7 nitrogen and oxygen atoms in total. The quantitative estimate of drug-likeness (QED) is 0.747. The van der Waals surface area contributed by atoms with Crippen LogP contribution in [0.1, 0.15) is 25.7 Å². The van der Waals surface area contributed by atoms with Crippen LogP contribution in [-0.4, -0.2) is 38.8 Å². The Kier molecular flexibility index (Phi) is 4.39. The monoisotopic (exact) mass is 337 g/mol. The lowest BCUT2D eigenvalue weighted by Crippen LogP contribution is -2.16. The number of fused-ring (bicyclic) bond motifs is 1.